The van der Waals surface area contributed by atoms with Crippen LogP contribution in [0.25, 0.3) is 0 Å². The number of benzene rings is 1. The van der Waals surface area contributed by atoms with Crippen molar-refractivity contribution in [2.45, 2.75) is 40.5 Å². The molecule has 2 rings (SSSR count). The summed E-state index contributed by atoms with van der Waals surface area (Å²) in [5.41, 5.74) is 8.99. The first-order valence-electron chi connectivity index (χ1n) is 5.76. The molecular formula is C13H20BN. The van der Waals surface area contributed by atoms with Crippen molar-refractivity contribution < 1.29 is 0 Å². The van der Waals surface area contributed by atoms with Gasteiger partial charge in [-0.3, -0.25) is 0 Å². The first-order chi connectivity index (χ1) is 6.95. The predicted octanol–water partition coefficient (Wildman–Crippen LogP) is 2.39. The first kappa shape index (κ1) is 10.6. The van der Waals surface area contributed by atoms with Gasteiger partial charge in [-0.1, -0.05) is 6.92 Å². The van der Waals surface area contributed by atoms with E-state index < -0.39 is 0 Å². The Morgan fingerprint density at radius 2 is 1.53 bits per heavy atom. The van der Waals surface area contributed by atoms with Crippen LogP contribution >= 0.6 is 0 Å². The van der Waals surface area contributed by atoms with Crippen LogP contribution in [0.2, 0.25) is 0 Å². The molecule has 1 nitrogen and oxygen atoms in total. The Bertz CT molecular complexity index is 384. The van der Waals surface area contributed by atoms with E-state index in [0.29, 0.717) is 5.92 Å². The summed E-state index contributed by atoms with van der Waals surface area (Å²) in [4.78, 5) is 2.41. The summed E-state index contributed by atoms with van der Waals surface area (Å²) in [5.74, 6) is 0.683. The first-order valence-corrected chi connectivity index (χ1v) is 5.76. The molecule has 1 atom stereocenters. The van der Waals surface area contributed by atoms with Gasteiger partial charge < -0.3 is 4.81 Å². The van der Waals surface area contributed by atoms with Crippen molar-refractivity contribution in [1.29, 1.82) is 0 Å². The molecule has 15 heavy (non-hydrogen) atoms. The zero-order valence-electron chi connectivity index (χ0n) is 10.7. The van der Waals surface area contributed by atoms with Gasteiger partial charge >= 0.3 is 0 Å². The van der Waals surface area contributed by atoms with Gasteiger partial charge in [-0.2, -0.15) is 0 Å². The molecule has 1 aliphatic rings. The highest BCUT2D eigenvalue weighted by atomic mass is 15.1. The lowest BCUT2D eigenvalue weighted by atomic mass is 9.89. The lowest BCUT2D eigenvalue weighted by Gasteiger charge is -2.20. The van der Waals surface area contributed by atoms with Crippen molar-refractivity contribution in [3.05, 3.63) is 27.8 Å². The fraction of sp³-hybridized carbons (Fsp3) is 0.538. The maximum absolute atomic E-state index is 2.41. The van der Waals surface area contributed by atoms with Crippen LogP contribution in [-0.4, -0.2) is 14.5 Å². The Hall–Kier alpha value is -0.915. The molecule has 0 saturated heterocycles. The van der Waals surface area contributed by atoms with Crippen LogP contribution in [0.1, 0.15) is 40.7 Å². The van der Waals surface area contributed by atoms with Gasteiger partial charge in [0.05, 0.1) is 0 Å². The molecule has 0 radical (unpaired) electrons. The molecule has 1 aromatic rings. The molecular weight excluding hydrogens is 181 g/mol. The number of fused-ring (bicyclic) bond motifs is 1. The Morgan fingerprint density at radius 1 is 1.00 bits per heavy atom. The molecule has 0 fully saturated rings. The van der Waals surface area contributed by atoms with E-state index in [1.54, 1.807) is 5.56 Å². The third-order valence-corrected chi connectivity index (χ3v) is 4.12. The van der Waals surface area contributed by atoms with E-state index in [2.05, 4.69) is 47.4 Å². The number of anilines is 1. The zero-order chi connectivity index (χ0) is 11.3. The number of hydrogen-bond donors (Lipinski definition) is 0. The predicted molar refractivity (Wildman–Crippen MR) is 69.7 cm³/mol. The molecule has 80 valence electrons. The number of rotatable bonds is 0. The van der Waals surface area contributed by atoms with E-state index in [1.807, 2.05) is 0 Å². The third-order valence-electron chi connectivity index (χ3n) is 4.12. The Kier molecular flexibility index (Phi) is 2.33. The van der Waals surface area contributed by atoms with Gasteiger partial charge in [0.15, 0.2) is 0 Å². The molecule has 1 aliphatic heterocycles. The molecule has 2 heteroatoms. The molecule has 0 bridgehead atoms. The van der Waals surface area contributed by atoms with Crippen molar-refractivity contribution in [2.24, 2.45) is 0 Å². The van der Waals surface area contributed by atoms with Gasteiger partial charge in [0, 0.05) is 12.2 Å². The van der Waals surface area contributed by atoms with E-state index in [-0.39, 0.29) is 0 Å². The highest BCUT2D eigenvalue weighted by Crippen LogP contribution is 2.42. The van der Waals surface area contributed by atoms with Gasteiger partial charge in [-0.25, -0.2) is 0 Å². The molecule has 0 amide bonds. The standard InChI is InChI=1S/C13H20BN/c1-7-6-15(14)13-11(5)9(3)8(2)10(4)12(7)13/h7H,6,14H2,1-5H3. The van der Waals surface area contributed by atoms with Crippen LogP contribution in [0.4, 0.5) is 5.69 Å². The van der Waals surface area contributed by atoms with Crippen molar-refractivity contribution >= 4 is 13.7 Å². The topological polar surface area (TPSA) is 3.24 Å². The Labute approximate surface area is 93.9 Å². The molecule has 0 N–H and O–H groups in total. The van der Waals surface area contributed by atoms with Gasteiger partial charge in [0.25, 0.3) is 0 Å². The molecule has 0 aliphatic carbocycles. The Morgan fingerprint density at radius 3 is 2.13 bits per heavy atom. The highest BCUT2D eigenvalue weighted by molar-refractivity contribution is 6.19. The van der Waals surface area contributed by atoms with Crippen molar-refractivity contribution in [3.8, 4) is 0 Å². The van der Waals surface area contributed by atoms with Crippen LogP contribution in [-0.2, 0) is 0 Å². The fourth-order valence-electron chi connectivity index (χ4n) is 3.01. The molecule has 1 heterocycles. The van der Waals surface area contributed by atoms with Crippen molar-refractivity contribution in [3.63, 3.8) is 0 Å². The molecule has 0 saturated carbocycles. The molecule has 1 aromatic carbocycles. The normalized spacial score (nSPS) is 19.5. The lowest BCUT2D eigenvalue weighted by Crippen LogP contribution is -2.17. The fourth-order valence-corrected chi connectivity index (χ4v) is 3.01. The van der Waals surface area contributed by atoms with E-state index in [1.165, 1.54) is 34.5 Å². The van der Waals surface area contributed by atoms with Crippen LogP contribution in [0.15, 0.2) is 0 Å². The second kappa shape index (κ2) is 3.29. The quantitative estimate of drug-likeness (QED) is 0.582. The maximum atomic E-state index is 2.41. The molecule has 0 spiro atoms. The smallest absolute Gasteiger partial charge is 0.217 e. The second-order valence-corrected chi connectivity index (χ2v) is 5.04. The monoisotopic (exact) mass is 201 g/mol. The SMILES string of the molecule is BN1CC(C)c2c(C)c(C)c(C)c(C)c21. The maximum Gasteiger partial charge on any atom is 0.217 e. The van der Waals surface area contributed by atoms with Gasteiger partial charge in [-0.05, 0) is 61.4 Å². The second-order valence-electron chi connectivity index (χ2n) is 5.04. The minimum atomic E-state index is 0.683. The summed E-state index contributed by atoms with van der Waals surface area (Å²) in [6, 6.07) is 0. The van der Waals surface area contributed by atoms with Crippen molar-refractivity contribution in [1.82, 2.24) is 0 Å². The average molecular weight is 201 g/mol. The minimum absolute atomic E-state index is 0.683. The highest BCUT2D eigenvalue weighted by Gasteiger charge is 2.27. The average Bonchev–Trinajstić information content (AvgIpc) is 2.47. The van der Waals surface area contributed by atoms with Crippen molar-refractivity contribution in [2.75, 3.05) is 11.4 Å². The van der Waals surface area contributed by atoms with E-state index in [4.69, 9.17) is 0 Å². The summed E-state index contributed by atoms with van der Waals surface area (Å²) in [6.45, 7) is 12.5. The van der Waals surface area contributed by atoms with E-state index in [9.17, 15) is 0 Å². The van der Waals surface area contributed by atoms with Crippen LogP contribution in [0.3, 0.4) is 0 Å². The number of hydrogen-bond acceptors (Lipinski definition) is 1. The third kappa shape index (κ3) is 1.31. The summed E-state index contributed by atoms with van der Waals surface area (Å²) < 4.78 is 0. The van der Waals surface area contributed by atoms with E-state index >= 15 is 0 Å². The van der Waals surface area contributed by atoms with Gasteiger partial charge in [-0.15, -0.1) is 0 Å². The largest absolute Gasteiger partial charge is 0.421 e. The summed E-state index contributed by atoms with van der Waals surface area (Å²) in [5, 5.41) is 0. The summed E-state index contributed by atoms with van der Waals surface area (Å²) in [6.07, 6.45) is 0. The minimum Gasteiger partial charge on any atom is -0.421 e. The zero-order valence-corrected chi connectivity index (χ0v) is 10.7. The van der Waals surface area contributed by atoms with E-state index in [0.717, 1.165) is 0 Å². The summed E-state index contributed by atoms with van der Waals surface area (Å²) in [7, 11) is 2.21. The van der Waals surface area contributed by atoms with Gasteiger partial charge in [0.1, 0.15) is 0 Å². The lowest BCUT2D eigenvalue weighted by molar-refractivity contribution is 0.823. The van der Waals surface area contributed by atoms with Crippen LogP contribution in [0.5, 0.6) is 0 Å². The molecule has 1 unspecified atom stereocenters. The van der Waals surface area contributed by atoms with Crippen LogP contribution < -0.4 is 4.81 Å². The Balaban J connectivity index is 2.80. The number of nitrogens with zero attached hydrogens (tertiary/aromatic N) is 1. The van der Waals surface area contributed by atoms with Crippen LogP contribution in [0, 0.1) is 27.7 Å². The molecule has 0 aromatic heterocycles. The van der Waals surface area contributed by atoms with Gasteiger partial charge in [0.2, 0.25) is 7.98 Å². The summed E-state index contributed by atoms with van der Waals surface area (Å²) >= 11 is 0.